The third-order valence-corrected chi connectivity index (χ3v) is 3.94. The Morgan fingerprint density at radius 2 is 1.72 bits per heavy atom. The van der Waals surface area contributed by atoms with Crippen molar-refractivity contribution in [2.24, 2.45) is 0 Å². The molecule has 0 saturated heterocycles. The second kappa shape index (κ2) is 8.48. The zero-order valence-electron chi connectivity index (χ0n) is 13.3. The van der Waals surface area contributed by atoms with E-state index in [0.717, 1.165) is 27.3 Å². The van der Waals surface area contributed by atoms with Crippen LogP contribution in [0.4, 0.5) is 0 Å². The van der Waals surface area contributed by atoms with E-state index < -0.39 is 0 Å². The summed E-state index contributed by atoms with van der Waals surface area (Å²) >= 11 is 11.6. The highest BCUT2D eigenvalue weighted by atomic mass is 35.5. The monoisotopic (exact) mass is 364 g/mol. The number of allylic oxidation sites excluding steroid dienone is 1. The van der Waals surface area contributed by atoms with Crippen molar-refractivity contribution in [3.05, 3.63) is 89.0 Å². The van der Waals surface area contributed by atoms with Crippen LogP contribution in [0.25, 0.3) is 17.2 Å². The molecule has 0 spiro atoms. The quantitative estimate of drug-likeness (QED) is 0.456. The van der Waals surface area contributed by atoms with E-state index in [4.69, 9.17) is 23.2 Å². The molecule has 2 aromatic heterocycles. The Morgan fingerprint density at radius 1 is 0.920 bits per heavy atom. The minimum Gasteiger partial charge on any atom is -0.263 e. The number of aromatic nitrogens is 2. The summed E-state index contributed by atoms with van der Waals surface area (Å²) in [5, 5.41) is 0.717. The lowest BCUT2D eigenvalue weighted by Gasteiger charge is -2.01. The predicted octanol–water partition coefficient (Wildman–Crippen LogP) is 5.45. The van der Waals surface area contributed by atoms with Gasteiger partial charge in [0.05, 0.1) is 5.56 Å². The van der Waals surface area contributed by atoms with Crippen LogP contribution in [-0.4, -0.2) is 15.8 Å². The molecule has 0 N–H and O–H groups in total. The Labute approximate surface area is 157 Å². The van der Waals surface area contributed by atoms with E-state index in [9.17, 15) is 0 Å². The van der Waals surface area contributed by atoms with E-state index >= 15 is 0 Å². The standard InChI is InChI=1S/C21H14Cl2N2/c22-12-1-2-16-11-13-24-14-18(16)5-9-21-10-6-19(15-25-21)17-3-7-20(23)8-4-17/h1-4,6-8,10-11,13-15H,12H2. The average Bonchev–Trinajstić information content (AvgIpc) is 2.66. The summed E-state index contributed by atoms with van der Waals surface area (Å²) < 4.78 is 0. The topological polar surface area (TPSA) is 25.8 Å². The number of halogens is 2. The summed E-state index contributed by atoms with van der Waals surface area (Å²) in [7, 11) is 0. The number of benzene rings is 1. The lowest BCUT2D eigenvalue weighted by Crippen LogP contribution is -1.87. The number of nitrogens with zero attached hydrogens (tertiary/aromatic N) is 2. The zero-order valence-corrected chi connectivity index (χ0v) is 14.8. The SMILES string of the molecule is ClCC=Cc1ccncc1C#Cc1ccc(-c2ccc(Cl)cc2)cn1. The molecule has 122 valence electrons. The van der Waals surface area contributed by atoms with E-state index in [0.29, 0.717) is 11.6 Å². The molecule has 0 saturated carbocycles. The van der Waals surface area contributed by atoms with Gasteiger partial charge in [0.1, 0.15) is 5.69 Å². The molecular formula is C21H14Cl2N2. The lowest BCUT2D eigenvalue weighted by molar-refractivity contribution is 1.28. The molecule has 2 heterocycles. The van der Waals surface area contributed by atoms with Crippen LogP contribution in [0.1, 0.15) is 16.8 Å². The molecule has 0 aliphatic carbocycles. The van der Waals surface area contributed by atoms with Gasteiger partial charge in [0.2, 0.25) is 0 Å². The minimum absolute atomic E-state index is 0.461. The molecule has 0 aliphatic heterocycles. The summed E-state index contributed by atoms with van der Waals surface area (Å²) in [6.45, 7) is 0. The van der Waals surface area contributed by atoms with Crippen molar-refractivity contribution in [2.75, 3.05) is 5.88 Å². The summed E-state index contributed by atoms with van der Waals surface area (Å²) in [5.41, 5.74) is 4.62. The van der Waals surface area contributed by atoms with Gasteiger partial charge in [0.25, 0.3) is 0 Å². The van der Waals surface area contributed by atoms with Gasteiger partial charge in [-0.1, -0.05) is 47.9 Å². The molecule has 3 aromatic rings. The van der Waals surface area contributed by atoms with Crippen molar-refractivity contribution in [2.45, 2.75) is 0 Å². The third kappa shape index (κ3) is 4.70. The number of rotatable bonds is 3. The molecule has 0 amide bonds. The predicted molar refractivity (Wildman–Crippen MR) is 105 cm³/mol. The maximum absolute atomic E-state index is 5.92. The van der Waals surface area contributed by atoms with Gasteiger partial charge in [-0.25, -0.2) is 4.98 Å². The van der Waals surface area contributed by atoms with Crippen molar-refractivity contribution in [3.63, 3.8) is 0 Å². The second-order valence-electron chi connectivity index (χ2n) is 5.21. The minimum atomic E-state index is 0.461. The Balaban J connectivity index is 1.82. The number of alkyl halides is 1. The van der Waals surface area contributed by atoms with Gasteiger partial charge in [0, 0.05) is 35.1 Å². The van der Waals surface area contributed by atoms with E-state index in [1.807, 2.05) is 60.8 Å². The molecule has 0 atom stereocenters. The zero-order chi connectivity index (χ0) is 17.5. The Bertz CT molecular complexity index is 934. The average molecular weight is 365 g/mol. The fourth-order valence-electron chi connectivity index (χ4n) is 2.24. The Kier molecular flexibility index (Phi) is 5.85. The Hall–Kier alpha value is -2.60. The first kappa shape index (κ1) is 17.2. The lowest BCUT2D eigenvalue weighted by atomic mass is 10.1. The van der Waals surface area contributed by atoms with Crippen LogP contribution < -0.4 is 0 Å². The van der Waals surface area contributed by atoms with Crippen LogP contribution in [0.2, 0.25) is 5.02 Å². The molecule has 3 rings (SSSR count). The van der Waals surface area contributed by atoms with Gasteiger partial charge in [-0.2, -0.15) is 0 Å². The van der Waals surface area contributed by atoms with E-state index in [-0.39, 0.29) is 0 Å². The summed E-state index contributed by atoms with van der Waals surface area (Å²) in [5.74, 6) is 6.66. The normalized spacial score (nSPS) is 10.5. The highest BCUT2D eigenvalue weighted by Crippen LogP contribution is 2.20. The number of hydrogen-bond donors (Lipinski definition) is 0. The van der Waals surface area contributed by atoms with Gasteiger partial charge < -0.3 is 0 Å². The first-order valence-electron chi connectivity index (χ1n) is 7.67. The highest BCUT2D eigenvalue weighted by Gasteiger charge is 1.99. The van der Waals surface area contributed by atoms with Crippen LogP contribution in [0.3, 0.4) is 0 Å². The molecule has 2 nitrogen and oxygen atoms in total. The third-order valence-electron chi connectivity index (χ3n) is 3.51. The fourth-order valence-corrected chi connectivity index (χ4v) is 2.45. The van der Waals surface area contributed by atoms with Gasteiger partial charge >= 0.3 is 0 Å². The summed E-state index contributed by atoms with van der Waals surface area (Å²) in [6.07, 6.45) is 9.10. The Morgan fingerprint density at radius 3 is 2.44 bits per heavy atom. The molecule has 0 bridgehead atoms. The van der Waals surface area contributed by atoms with Crippen molar-refractivity contribution < 1.29 is 0 Å². The van der Waals surface area contributed by atoms with Gasteiger partial charge in [-0.05, 0) is 41.3 Å². The number of pyridine rings is 2. The second-order valence-corrected chi connectivity index (χ2v) is 5.95. The first-order valence-corrected chi connectivity index (χ1v) is 8.58. The van der Waals surface area contributed by atoms with Crippen LogP contribution in [0, 0.1) is 11.8 Å². The van der Waals surface area contributed by atoms with E-state index in [2.05, 4.69) is 21.8 Å². The molecular weight excluding hydrogens is 351 g/mol. The van der Waals surface area contributed by atoms with Crippen LogP contribution in [-0.2, 0) is 0 Å². The molecule has 4 heteroatoms. The van der Waals surface area contributed by atoms with Gasteiger partial charge in [-0.15, -0.1) is 11.6 Å². The molecule has 0 radical (unpaired) electrons. The van der Waals surface area contributed by atoms with E-state index in [1.54, 1.807) is 12.4 Å². The molecule has 25 heavy (non-hydrogen) atoms. The maximum atomic E-state index is 5.92. The summed E-state index contributed by atoms with van der Waals surface area (Å²) in [4.78, 5) is 8.54. The van der Waals surface area contributed by atoms with Crippen molar-refractivity contribution in [1.29, 1.82) is 0 Å². The smallest absolute Gasteiger partial charge is 0.113 e. The van der Waals surface area contributed by atoms with Gasteiger partial charge in [0.15, 0.2) is 0 Å². The highest BCUT2D eigenvalue weighted by molar-refractivity contribution is 6.30. The maximum Gasteiger partial charge on any atom is 0.113 e. The fraction of sp³-hybridized carbons (Fsp3) is 0.0476. The van der Waals surface area contributed by atoms with Crippen LogP contribution >= 0.6 is 23.2 Å². The molecule has 0 aliphatic rings. The van der Waals surface area contributed by atoms with Crippen molar-refractivity contribution in [1.82, 2.24) is 9.97 Å². The van der Waals surface area contributed by atoms with Gasteiger partial charge in [-0.3, -0.25) is 4.98 Å². The van der Waals surface area contributed by atoms with E-state index in [1.165, 1.54) is 0 Å². The molecule has 1 aromatic carbocycles. The van der Waals surface area contributed by atoms with Crippen LogP contribution in [0.5, 0.6) is 0 Å². The van der Waals surface area contributed by atoms with Crippen molar-refractivity contribution >= 4 is 29.3 Å². The molecule has 0 fully saturated rings. The first-order chi connectivity index (χ1) is 12.3. The van der Waals surface area contributed by atoms with Crippen LogP contribution in [0.15, 0.2) is 67.1 Å². The van der Waals surface area contributed by atoms with Crippen molar-refractivity contribution in [3.8, 4) is 23.0 Å². The molecule has 0 unspecified atom stereocenters. The largest absolute Gasteiger partial charge is 0.263 e. The number of hydrogen-bond acceptors (Lipinski definition) is 2. The summed E-state index contributed by atoms with van der Waals surface area (Å²) in [6, 6.07) is 13.5.